The van der Waals surface area contributed by atoms with Crippen LogP contribution in [0, 0.1) is 5.92 Å². The van der Waals surface area contributed by atoms with Crippen molar-refractivity contribution in [3.05, 3.63) is 30.1 Å². The molecule has 120 valence electrons. The summed E-state index contributed by atoms with van der Waals surface area (Å²) < 4.78 is 6.92. The zero-order valence-corrected chi connectivity index (χ0v) is 13.8. The second-order valence-corrected chi connectivity index (χ2v) is 5.80. The Morgan fingerprint density at radius 3 is 2.73 bits per heavy atom. The molecule has 0 aliphatic carbocycles. The highest BCUT2D eigenvalue weighted by Gasteiger charge is 2.22. The van der Waals surface area contributed by atoms with Crippen molar-refractivity contribution in [2.24, 2.45) is 5.92 Å². The first kappa shape index (κ1) is 16.5. The van der Waals surface area contributed by atoms with Gasteiger partial charge in [-0.05, 0) is 25.0 Å². The predicted octanol–water partition coefficient (Wildman–Crippen LogP) is 4.52. The fourth-order valence-electron chi connectivity index (χ4n) is 2.89. The van der Waals surface area contributed by atoms with Gasteiger partial charge < -0.3 is 4.74 Å². The van der Waals surface area contributed by atoms with E-state index in [-0.39, 0.29) is 11.7 Å². The number of fused-ring (bicyclic) bond motifs is 1. The van der Waals surface area contributed by atoms with Gasteiger partial charge in [-0.15, -0.1) is 0 Å². The molecule has 0 radical (unpaired) electrons. The van der Waals surface area contributed by atoms with Crippen LogP contribution in [0.25, 0.3) is 5.52 Å². The summed E-state index contributed by atoms with van der Waals surface area (Å²) in [7, 11) is 1.63. The summed E-state index contributed by atoms with van der Waals surface area (Å²) in [6.07, 6.45) is 9.97. The molecule has 22 heavy (non-hydrogen) atoms. The number of pyridine rings is 1. The van der Waals surface area contributed by atoms with Gasteiger partial charge in [0.05, 0.1) is 30.6 Å². The van der Waals surface area contributed by atoms with Crippen LogP contribution < -0.4 is 4.74 Å². The minimum absolute atomic E-state index is 0.117. The molecule has 0 aromatic carbocycles. The lowest BCUT2D eigenvalue weighted by molar-refractivity contribution is 0.0905. The van der Waals surface area contributed by atoms with E-state index in [2.05, 4.69) is 18.9 Å². The topological polar surface area (TPSA) is 43.6 Å². The summed E-state index contributed by atoms with van der Waals surface area (Å²) in [5, 5.41) is 4.30. The molecule has 2 aromatic heterocycles. The van der Waals surface area contributed by atoms with Gasteiger partial charge in [0.25, 0.3) is 0 Å². The summed E-state index contributed by atoms with van der Waals surface area (Å²) in [4.78, 5) is 12.9. The van der Waals surface area contributed by atoms with Crippen molar-refractivity contribution >= 4 is 11.3 Å². The van der Waals surface area contributed by atoms with E-state index in [1.807, 2.05) is 12.1 Å². The first-order valence-corrected chi connectivity index (χ1v) is 8.26. The molecule has 0 fully saturated rings. The van der Waals surface area contributed by atoms with E-state index in [9.17, 15) is 4.79 Å². The molecule has 0 bridgehead atoms. The minimum atomic E-state index is 0.117. The van der Waals surface area contributed by atoms with E-state index in [0.29, 0.717) is 0 Å². The Balaban J connectivity index is 2.22. The third-order valence-corrected chi connectivity index (χ3v) is 4.15. The number of hydrogen-bond donors (Lipinski definition) is 0. The van der Waals surface area contributed by atoms with E-state index < -0.39 is 0 Å². The van der Waals surface area contributed by atoms with Crippen molar-refractivity contribution in [1.82, 2.24) is 9.61 Å². The monoisotopic (exact) mass is 302 g/mol. The van der Waals surface area contributed by atoms with Gasteiger partial charge in [0.2, 0.25) is 0 Å². The third kappa shape index (κ3) is 3.67. The van der Waals surface area contributed by atoms with Crippen LogP contribution in [-0.2, 0) is 0 Å². The fourth-order valence-corrected chi connectivity index (χ4v) is 2.89. The average Bonchev–Trinajstić information content (AvgIpc) is 2.96. The van der Waals surface area contributed by atoms with Crippen molar-refractivity contribution < 1.29 is 9.53 Å². The van der Waals surface area contributed by atoms with Crippen LogP contribution in [0.1, 0.15) is 62.7 Å². The van der Waals surface area contributed by atoms with Crippen LogP contribution in [0.3, 0.4) is 0 Å². The molecule has 2 aromatic rings. The number of aromatic nitrogens is 2. The van der Waals surface area contributed by atoms with Crippen LogP contribution in [0.2, 0.25) is 0 Å². The first-order chi connectivity index (χ1) is 10.7. The molecule has 4 nitrogen and oxygen atoms in total. The van der Waals surface area contributed by atoms with Gasteiger partial charge in [-0.1, -0.05) is 39.5 Å². The number of nitrogens with zero attached hydrogens (tertiary/aromatic N) is 2. The third-order valence-electron chi connectivity index (χ3n) is 4.15. The molecule has 0 aliphatic rings. The van der Waals surface area contributed by atoms with Crippen molar-refractivity contribution in [1.29, 1.82) is 0 Å². The number of methoxy groups -OCH3 is 1. The number of ether oxygens (including phenoxy) is 1. The van der Waals surface area contributed by atoms with Crippen LogP contribution in [0.5, 0.6) is 5.75 Å². The lowest BCUT2D eigenvalue weighted by atomic mass is 9.89. The number of Topliss-reactive ketones (excluding diaryl/α,β-unsaturated/α-hetero) is 1. The SMILES string of the molecule is CCCCCC(CCC)C(=O)c1cnn2cc(OC)ccc12. The van der Waals surface area contributed by atoms with Gasteiger partial charge >= 0.3 is 0 Å². The highest BCUT2D eigenvalue weighted by Crippen LogP contribution is 2.24. The summed E-state index contributed by atoms with van der Waals surface area (Å²) in [5.74, 6) is 1.09. The van der Waals surface area contributed by atoms with Gasteiger partial charge in [-0.2, -0.15) is 5.10 Å². The molecule has 4 heteroatoms. The molecular formula is C18H26N2O2. The molecule has 1 unspecified atom stereocenters. The number of carbonyl (C=O) groups is 1. The van der Waals surface area contributed by atoms with E-state index >= 15 is 0 Å². The molecule has 1 atom stereocenters. The zero-order chi connectivity index (χ0) is 15.9. The van der Waals surface area contributed by atoms with Crippen molar-refractivity contribution in [2.45, 2.75) is 52.4 Å². The first-order valence-electron chi connectivity index (χ1n) is 8.26. The van der Waals surface area contributed by atoms with E-state index in [1.165, 1.54) is 12.8 Å². The highest BCUT2D eigenvalue weighted by atomic mass is 16.5. The minimum Gasteiger partial charge on any atom is -0.495 e. The molecule has 0 saturated heterocycles. The maximum atomic E-state index is 12.9. The smallest absolute Gasteiger partial charge is 0.169 e. The summed E-state index contributed by atoms with van der Waals surface area (Å²) in [6, 6.07) is 3.79. The molecule has 0 spiro atoms. The number of ketones is 1. The summed E-state index contributed by atoms with van der Waals surface area (Å²) >= 11 is 0. The van der Waals surface area contributed by atoms with Crippen LogP contribution in [-0.4, -0.2) is 22.5 Å². The van der Waals surface area contributed by atoms with E-state index in [4.69, 9.17) is 4.74 Å². The van der Waals surface area contributed by atoms with Crippen LogP contribution >= 0.6 is 0 Å². The second-order valence-electron chi connectivity index (χ2n) is 5.80. The normalized spacial score (nSPS) is 12.5. The molecule has 0 N–H and O–H groups in total. The largest absolute Gasteiger partial charge is 0.495 e. The molecule has 2 rings (SSSR count). The van der Waals surface area contributed by atoms with Crippen LogP contribution in [0.15, 0.2) is 24.5 Å². The summed E-state index contributed by atoms with van der Waals surface area (Å²) in [6.45, 7) is 4.33. The molecular weight excluding hydrogens is 276 g/mol. The Morgan fingerprint density at radius 1 is 1.23 bits per heavy atom. The van der Waals surface area contributed by atoms with E-state index in [0.717, 1.165) is 42.5 Å². The predicted molar refractivity (Wildman–Crippen MR) is 88.6 cm³/mol. The number of hydrogen-bond acceptors (Lipinski definition) is 3. The molecule has 0 aliphatic heterocycles. The van der Waals surface area contributed by atoms with Crippen LogP contribution in [0.4, 0.5) is 0 Å². The van der Waals surface area contributed by atoms with Crippen molar-refractivity contribution in [3.8, 4) is 5.75 Å². The van der Waals surface area contributed by atoms with Gasteiger partial charge in [-0.3, -0.25) is 4.79 Å². The number of rotatable bonds is 9. The lowest BCUT2D eigenvalue weighted by Crippen LogP contribution is -2.14. The second kappa shape index (κ2) is 7.97. The molecule has 0 saturated carbocycles. The maximum Gasteiger partial charge on any atom is 0.169 e. The van der Waals surface area contributed by atoms with Gasteiger partial charge in [0.1, 0.15) is 5.75 Å². The fraction of sp³-hybridized carbons (Fsp3) is 0.556. The van der Waals surface area contributed by atoms with Crippen molar-refractivity contribution in [2.75, 3.05) is 7.11 Å². The van der Waals surface area contributed by atoms with Gasteiger partial charge in [0.15, 0.2) is 5.78 Å². The Kier molecular flexibility index (Phi) is 5.99. The van der Waals surface area contributed by atoms with E-state index in [1.54, 1.807) is 24.0 Å². The van der Waals surface area contributed by atoms with Gasteiger partial charge in [0, 0.05) is 5.92 Å². The Labute approximate surface area is 132 Å². The zero-order valence-electron chi connectivity index (χ0n) is 13.8. The highest BCUT2D eigenvalue weighted by molar-refractivity contribution is 6.03. The maximum absolute atomic E-state index is 12.9. The standard InChI is InChI=1S/C18H26N2O2/c1-4-6-7-9-14(8-5-2)18(21)16-12-19-20-13-15(22-3)10-11-17(16)20/h10-14H,4-9H2,1-3H3. The Bertz CT molecular complexity index is 619. The number of carbonyl (C=O) groups excluding carboxylic acids is 1. The average molecular weight is 302 g/mol. The molecule has 0 amide bonds. The Morgan fingerprint density at radius 2 is 2.05 bits per heavy atom. The Hall–Kier alpha value is -1.84. The number of unbranched alkanes of at least 4 members (excludes halogenated alkanes) is 2. The summed E-state index contributed by atoms with van der Waals surface area (Å²) in [5.41, 5.74) is 1.60. The lowest BCUT2D eigenvalue weighted by Gasteiger charge is -2.14. The van der Waals surface area contributed by atoms with Gasteiger partial charge in [-0.25, -0.2) is 4.52 Å². The quantitative estimate of drug-likeness (QED) is 0.505. The van der Waals surface area contributed by atoms with Crippen molar-refractivity contribution in [3.63, 3.8) is 0 Å². The molecule has 2 heterocycles.